The van der Waals surface area contributed by atoms with Crippen LogP contribution in [0.15, 0.2) is 182 Å². The highest BCUT2D eigenvalue weighted by molar-refractivity contribution is 6.95. The van der Waals surface area contributed by atoms with Crippen molar-refractivity contribution in [3.8, 4) is 0 Å². The van der Waals surface area contributed by atoms with Crippen LogP contribution < -0.4 is 16.4 Å². The zero-order valence-corrected chi connectivity index (χ0v) is 26.9. The van der Waals surface area contributed by atoms with Crippen LogP contribution in [0.1, 0.15) is 31.4 Å². The SMILES string of the molecule is CCC=C[SiH](CC)C(c1ccccc1)(c1ccccc1)n1ccnc1.c1ccc(B(c2ccccc2)c2ccccc2)cc1. The Balaban J connectivity index is 0.000000181. The molecule has 0 aliphatic heterocycles. The monoisotopic (exact) mass is 588 g/mol. The molecule has 5 aromatic carbocycles. The quantitative estimate of drug-likeness (QED) is 0.155. The first-order valence-electron chi connectivity index (χ1n) is 15.7. The van der Waals surface area contributed by atoms with E-state index in [9.17, 15) is 0 Å². The molecule has 0 saturated carbocycles. The fraction of sp³-hybridized carbons (Fsp3) is 0.125. The third-order valence-corrected chi connectivity index (χ3v) is 12.0. The lowest BCUT2D eigenvalue weighted by Crippen LogP contribution is -2.51. The van der Waals surface area contributed by atoms with Gasteiger partial charge >= 0.3 is 0 Å². The Morgan fingerprint density at radius 2 is 1.02 bits per heavy atom. The molecule has 1 unspecified atom stereocenters. The van der Waals surface area contributed by atoms with Gasteiger partial charge in [0.05, 0.1) is 11.5 Å². The standard InChI is InChI=1S/C22H26N2Si.C18H15B/c1-3-5-18-25(4-2)22(24-17-16-23-19-24,20-12-8-6-9-13-20)21-14-10-7-11-15-21;1-4-10-16(11-5-1)19(17-12-6-2-7-13-17)18-14-8-3-9-15-18/h5-19,25H,3-4H2,1-2H3;1-15H. The molecule has 0 bridgehead atoms. The molecule has 218 valence electrons. The highest BCUT2D eigenvalue weighted by Gasteiger charge is 2.42. The largest absolute Gasteiger partial charge is 0.326 e. The first-order valence-corrected chi connectivity index (χ1v) is 17.8. The normalized spacial score (nSPS) is 11.9. The first-order chi connectivity index (χ1) is 21.8. The molecule has 0 aliphatic rings. The molecule has 1 atom stereocenters. The van der Waals surface area contributed by atoms with Gasteiger partial charge in [-0.05, 0) is 17.5 Å². The van der Waals surface area contributed by atoms with Gasteiger partial charge in [0, 0.05) is 12.4 Å². The third-order valence-electron chi connectivity index (χ3n) is 8.32. The van der Waals surface area contributed by atoms with Crippen LogP contribution in [0, 0.1) is 0 Å². The van der Waals surface area contributed by atoms with Gasteiger partial charge in [-0.2, -0.15) is 0 Å². The molecular weight excluding hydrogens is 547 g/mol. The molecule has 1 heterocycles. The van der Waals surface area contributed by atoms with Crippen LogP contribution in [-0.2, 0) is 5.16 Å². The number of nitrogens with zero attached hydrogens (tertiary/aromatic N) is 2. The minimum atomic E-state index is -1.38. The van der Waals surface area contributed by atoms with E-state index >= 15 is 0 Å². The van der Waals surface area contributed by atoms with E-state index in [1.54, 1.807) is 0 Å². The van der Waals surface area contributed by atoms with E-state index in [4.69, 9.17) is 0 Å². The van der Waals surface area contributed by atoms with Crippen LogP contribution in [0.2, 0.25) is 6.04 Å². The lowest BCUT2D eigenvalue weighted by molar-refractivity contribution is 0.584. The van der Waals surface area contributed by atoms with Crippen molar-refractivity contribution in [2.24, 2.45) is 0 Å². The minimum Gasteiger partial charge on any atom is -0.326 e. The van der Waals surface area contributed by atoms with E-state index in [0.29, 0.717) is 6.71 Å². The second-order valence-electron chi connectivity index (χ2n) is 11.0. The summed E-state index contributed by atoms with van der Waals surface area (Å²) < 4.78 is 2.33. The zero-order chi connectivity index (χ0) is 30.5. The summed E-state index contributed by atoms with van der Waals surface area (Å²) in [4.78, 5) is 4.40. The van der Waals surface area contributed by atoms with Gasteiger partial charge in [-0.1, -0.05) is 200 Å². The number of aromatic nitrogens is 2. The van der Waals surface area contributed by atoms with E-state index in [0.717, 1.165) is 6.42 Å². The Morgan fingerprint density at radius 3 is 1.36 bits per heavy atom. The van der Waals surface area contributed by atoms with E-state index in [2.05, 4.69) is 193 Å². The number of hydrogen-bond acceptors (Lipinski definition) is 1. The highest BCUT2D eigenvalue weighted by Crippen LogP contribution is 2.38. The zero-order valence-electron chi connectivity index (χ0n) is 25.8. The van der Waals surface area contributed by atoms with Crippen molar-refractivity contribution < 1.29 is 0 Å². The van der Waals surface area contributed by atoms with Crippen molar-refractivity contribution in [2.75, 3.05) is 0 Å². The van der Waals surface area contributed by atoms with Crippen molar-refractivity contribution in [1.29, 1.82) is 0 Å². The topological polar surface area (TPSA) is 17.8 Å². The maximum Gasteiger partial charge on any atom is 0.241 e. The molecule has 1 aromatic heterocycles. The molecule has 0 N–H and O–H groups in total. The molecule has 0 fully saturated rings. The van der Waals surface area contributed by atoms with Crippen molar-refractivity contribution in [2.45, 2.75) is 31.5 Å². The fourth-order valence-corrected chi connectivity index (χ4v) is 9.84. The van der Waals surface area contributed by atoms with Crippen molar-refractivity contribution >= 4 is 31.9 Å². The number of hydrogen-bond donors (Lipinski definition) is 0. The lowest BCUT2D eigenvalue weighted by atomic mass is 9.37. The average Bonchev–Trinajstić information content (AvgIpc) is 3.65. The van der Waals surface area contributed by atoms with Crippen LogP contribution >= 0.6 is 0 Å². The molecular formula is C40H41BN2Si. The Bertz CT molecular complexity index is 1520. The summed E-state index contributed by atoms with van der Waals surface area (Å²) in [6, 6.07) is 55.0. The summed E-state index contributed by atoms with van der Waals surface area (Å²) in [6.45, 7) is 4.85. The van der Waals surface area contributed by atoms with E-state index < -0.39 is 8.80 Å². The summed E-state index contributed by atoms with van der Waals surface area (Å²) in [5.41, 5.74) is 9.21. The van der Waals surface area contributed by atoms with Crippen LogP contribution in [0.5, 0.6) is 0 Å². The average molecular weight is 589 g/mol. The molecule has 6 rings (SSSR count). The van der Waals surface area contributed by atoms with Gasteiger partial charge in [-0.3, -0.25) is 0 Å². The number of imidazole rings is 1. The van der Waals surface area contributed by atoms with Crippen LogP contribution in [0.4, 0.5) is 0 Å². The Kier molecular flexibility index (Phi) is 11.0. The van der Waals surface area contributed by atoms with E-state index in [1.807, 2.05) is 12.5 Å². The Labute approximate surface area is 265 Å². The van der Waals surface area contributed by atoms with Gasteiger partial charge in [-0.25, -0.2) is 4.98 Å². The summed E-state index contributed by atoms with van der Waals surface area (Å²) >= 11 is 0. The van der Waals surface area contributed by atoms with Gasteiger partial charge in [0.1, 0.15) is 8.80 Å². The predicted molar refractivity (Wildman–Crippen MR) is 192 cm³/mol. The second kappa shape index (κ2) is 15.7. The number of allylic oxidation sites excluding steroid dienone is 1. The molecule has 6 aromatic rings. The fourth-order valence-electron chi connectivity index (χ4n) is 6.32. The van der Waals surface area contributed by atoms with Crippen LogP contribution in [0.3, 0.4) is 0 Å². The molecule has 0 radical (unpaired) electrons. The third kappa shape index (κ3) is 6.93. The molecule has 0 spiro atoms. The summed E-state index contributed by atoms with van der Waals surface area (Å²) in [5, 5.41) is -0.167. The van der Waals surface area contributed by atoms with Crippen molar-refractivity contribution in [3.05, 3.63) is 193 Å². The summed E-state index contributed by atoms with van der Waals surface area (Å²) in [5.74, 6) is 0. The maximum absolute atomic E-state index is 4.40. The Hall–Kier alpha value is -4.67. The van der Waals surface area contributed by atoms with Gasteiger partial charge in [0.15, 0.2) is 0 Å². The first kappa shape index (κ1) is 30.8. The number of rotatable bonds is 10. The van der Waals surface area contributed by atoms with E-state index in [1.165, 1.54) is 33.6 Å². The summed E-state index contributed by atoms with van der Waals surface area (Å²) in [6.07, 6.45) is 9.42. The molecule has 2 nitrogen and oxygen atoms in total. The maximum atomic E-state index is 4.40. The van der Waals surface area contributed by atoms with Gasteiger partial charge < -0.3 is 4.57 Å². The summed E-state index contributed by atoms with van der Waals surface area (Å²) in [7, 11) is -1.38. The van der Waals surface area contributed by atoms with Gasteiger partial charge in [-0.15, -0.1) is 0 Å². The molecule has 44 heavy (non-hydrogen) atoms. The highest BCUT2D eigenvalue weighted by atomic mass is 28.3. The van der Waals surface area contributed by atoms with Crippen molar-refractivity contribution in [3.63, 3.8) is 0 Å². The molecule has 4 heteroatoms. The lowest BCUT2D eigenvalue weighted by Gasteiger charge is -2.41. The van der Waals surface area contributed by atoms with Gasteiger partial charge in [0.2, 0.25) is 6.71 Å². The molecule has 0 aliphatic carbocycles. The molecule has 0 saturated heterocycles. The minimum absolute atomic E-state index is 0.167. The van der Waals surface area contributed by atoms with E-state index in [-0.39, 0.29) is 5.16 Å². The smallest absolute Gasteiger partial charge is 0.241 e. The van der Waals surface area contributed by atoms with Gasteiger partial charge in [0.25, 0.3) is 0 Å². The molecule has 0 amide bonds. The number of benzene rings is 5. The second-order valence-corrected chi connectivity index (χ2v) is 14.2. The Morgan fingerprint density at radius 1 is 0.614 bits per heavy atom. The van der Waals surface area contributed by atoms with Crippen LogP contribution in [-0.4, -0.2) is 25.1 Å². The van der Waals surface area contributed by atoms with Crippen molar-refractivity contribution in [1.82, 2.24) is 9.55 Å². The predicted octanol–water partition coefficient (Wildman–Crippen LogP) is 7.17. The van der Waals surface area contributed by atoms with Crippen LogP contribution in [0.25, 0.3) is 0 Å².